The SMILES string of the molecule is CCNC(=NCC1CCN(Cc2csc(CC)n2)CC1)NCC1CCCO1.I. The number of ether oxygens (including phenoxy) is 1. The maximum atomic E-state index is 5.69. The lowest BCUT2D eigenvalue weighted by Crippen LogP contribution is -2.41. The van der Waals surface area contributed by atoms with Crippen LogP contribution >= 0.6 is 35.3 Å². The number of nitrogens with one attached hydrogen (secondary N) is 2. The summed E-state index contributed by atoms with van der Waals surface area (Å²) in [6, 6.07) is 0. The van der Waals surface area contributed by atoms with Crippen LogP contribution in [0.3, 0.4) is 0 Å². The molecule has 28 heavy (non-hydrogen) atoms. The summed E-state index contributed by atoms with van der Waals surface area (Å²) in [5.41, 5.74) is 1.24. The second kappa shape index (κ2) is 13.0. The number of aliphatic imine (C=N–C) groups is 1. The number of aromatic nitrogens is 1. The molecule has 1 atom stereocenters. The van der Waals surface area contributed by atoms with Gasteiger partial charge in [0.25, 0.3) is 0 Å². The van der Waals surface area contributed by atoms with Gasteiger partial charge in [-0.2, -0.15) is 0 Å². The Morgan fingerprint density at radius 1 is 1.29 bits per heavy atom. The molecule has 2 saturated heterocycles. The number of thiazole rings is 1. The molecule has 1 aromatic heterocycles. The molecule has 1 aromatic rings. The number of rotatable bonds is 8. The molecule has 2 fully saturated rings. The van der Waals surface area contributed by atoms with E-state index in [9.17, 15) is 0 Å². The molecule has 1 unspecified atom stereocenters. The summed E-state index contributed by atoms with van der Waals surface area (Å²) in [4.78, 5) is 12.1. The molecular formula is C20H36IN5OS. The Morgan fingerprint density at radius 3 is 2.75 bits per heavy atom. The lowest BCUT2D eigenvalue weighted by atomic mass is 9.97. The summed E-state index contributed by atoms with van der Waals surface area (Å²) in [5.74, 6) is 1.62. The second-order valence-corrected chi connectivity index (χ2v) is 8.48. The fraction of sp³-hybridized carbons (Fsp3) is 0.800. The van der Waals surface area contributed by atoms with Crippen LogP contribution in [-0.2, 0) is 17.7 Å². The molecule has 6 nitrogen and oxygen atoms in total. The van der Waals surface area contributed by atoms with Crippen molar-refractivity contribution in [3.05, 3.63) is 16.1 Å². The monoisotopic (exact) mass is 521 g/mol. The van der Waals surface area contributed by atoms with Crippen LogP contribution in [0.2, 0.25) is 0 Å². The number of guanidine groups is 1. The molecule has 2 aliphatic heterocycles. The van der Waals surface area contributed by atoms with Gasteiger partial charge in [-0.3, -0.25) is 9.89 Å². The molecule has 3 heterocycles. The number of aryl methyl sites for hydroxylation is 1. The molecule has 0 bridgehead atoms. The summed E-state index contributed by atoms with van der Waals surface area (Å²) in [6.07, 6.45) is 6.16. The van der Waals surface area contributed by atoms with Crippen LogP contribution in [0.15, 0.2) is 10.4 Å². The third-order valence-electron chi connectivity index (χ3n) is 5.37. The highest BCUT2D eigenvalue weighted by molar-refractivity contribution is 14.0. The number of nitrogens with zero attached hydrogens (tertiary/aromatic N) is 3. The van der Waals surface area contributed by atoms with E-state index in [2.05, 4.69) is 34.8 Å². The second-order valence-electron chi connectivity index (χ2n) is 7.54. The van der Waals surface area contributed by atoms with E-state index < -0.39 is 0 Å². The van der Waals surface area contributed by atoms with E-state index in [4.69, 9.17) is 14.7 Å². The van der Waals surface area contributed by atoms with Crippen molar-refractivity contribution in [1.82, 2.24) is 20.5 Å². The van der Waals surface area contributed by atoms with E-state index in [0.29, 0.717) is 12.0 Å². The summed E-state index contributed by atoms with van der Waals surface area (Å²) in [5, 5.41) is 10.3. The summed E-state index contributed by atoms with van der Waals surface area (Å²) in [7, 11) is 0. The van der Waals surface area contributed by atoms with Gasteiger partial charge in [0.2, 0.25) is 0 Å². The highest BCUT2D eigenvalue weighted by Crippen LogP contribution is 2.20. The van der Waals surface area contributed by atoms with E-state index in [1.54, 1.807) is 11.3 Å². The van der Waals surface area contributed by atoms with E-state index in [1.165, 1.54) is 30.0 Å². The first-order valence-corrected chi connectivity index (χ1v) is 11.4. The van der Waals surface area contributed by atoms with Gasteiger partial charge in [0, 0.05) is 38.2 Å². The molecule has 160 valence electrons. The summed E-state index contributed by atoms with van der Waals surface area (Å²) in [6.45, 7) is 11.2. The zero-order valence-electron chi connectivity index (χ0n) is 17.3. The minimum atomic E-state index is 0. The topological polar surface area (TPSA) is 61.8 Å². The Bertz CT molecular complexity index is 583. The lowest BCUT2D eigenvalue weighted by molar-refractivity contribution is 0.113. The van der Waals surface area contributed by atoms with Crippen molar-refractivity contribution in [2.24, 2.45) is 10.9 Å². The van der Waals surface area contributed by atoms with E-state index >= 15 is 0 Å². The average Bonchev–Trinajstić information content (AvgIpc) is 3.37. The lowest BCUT2D eigenvalue weighted by Gasteiger charge is -2.30. The molecule has 2 N–H and O–H groups in total. The molecule has 8 heteroatoms. The first kappa shape index (κ1) is 23.8. The van der Waals surface area contributed by atoms with Crippen molar-refractivity contribution >= 4 is 41.3 Å². The Morgan fingerprint density at radius 2 is 2.11 bits per heavy atom. The zero-order chi connectivity index (χ0) is 18.9. The molecule has 0 aliphatic carbocycles. The van der Waals surface area contributed by atoms with Gasteiger partial charge in [0.05, 0.1) is 16.8 Å². The number of piperidine rings is 1. The van der Waals surface area contributed by atoms with Gasteiger partial charge in [0.1, 0.15) is 0 Å². The predicted octanol–water partition coefficient (Wildman–Crippen LogP) is 3.27. The fourth-order valence-electron chi connectivity index (χ4n) is 3.72. The van der Waals surface area contributed by atoms with E-state index in [1.807, 2.05) is 0 Å². The van der Waals surface area contributed by atoms with Crippen LogP contribution in [0.25, 0.3) is 0 Å². The van der Waals surface area contributed by atoms with Gasteiger partial charge < -0.3 is 15.4 Å². The van der Waals surface area contributed by atoms with Gasteiger partial charge in [-0.1, -0.05) is 6.92 Å². The van der Waals surface area contributed by atoms with Crippen molar-refractivity contribution < 1.29 is 4.74 Å². The van der Waals surface area contributed by atoms with Gasteiger partial charge in [-0.25, -0.2) is 4.98 Å². The van der Waals surface area contributed by atoms with Crippen molar-refractivity contribution in [1.29, 1.82) is 0 Å². The van der Waals surface area contributed by atoms with Crippen LogP contribution in [0.1, 0.15) is 50.2 Å². The highest BCUT2D eigenvalue weighted by atomic mass is 127. The molecule has 0 aromatic carbocycles. The summed E-state index contributed by atoms with van der Waals surface area (Å²) >= 11 is 1.79. The first-order valence-electron chi connectivity index (χ1n) is 10.6. The van der Waals surface area contributed by atoms with Gasteiger partial charge in [-0.15, -0.1) is 35.3 Å². The Hall–Kier alpha value is -0.450. The van der Waals surface area contributed by atoms with Gasteiger partial charge in [0.15, 0.2) is 5.96 Å². The molecule has 2 aliphatic rings. The maximum absolute atomic E-state index is 5.69. The minimum absolute atomic E-state index is 0. The van der Waals surface area contributed by atoms with Crippen LogP contribution in [0.4, 0.5) is 0 Å². The normalized spacial score (nSPS) is 21.5. The summed E-state index contributed by atoms with van der Waals surface area (Å²) < 4.78 is 5.69. The number of hydrogen-bond donors (Lipinski definition) is 2. The van der Waals surface area contributed by atoms with Crippen LogP contribution in [0.5, 0.6) is 0 Å². The highest BCUT2D eigenvalue weighted by Gasteiger charge is 2.20. The van der Waals surface area contributed by atoms with Crippen molar-refractivity contribution in [3.63, 3.8) is 0 Å². The molecule has 0 saturated carbocycles. The van der Waals surface area contributed by atoms with Crippen LogP contribution < -0.4 is 10.6 Å². The van der Waals surface area contributed by atoms with Gasteiger partial charge in [-0.05, 0) is 58.0 Å². The molecular weight excluding hydrogens is 485 g/mol. The van der Waals surface area contributed by atoms with Gasteiger partial charge >= 0.3 is 0 Å². The number of hydrogen-bond acceptors (Lipinski definition) is 5. The quantitative estimate of drug-likeness (QED) is 0.313. The first-order chi connectivity index (χ1) is 13.3. The molecule has 0 spiro atoms. The predicted molar refractivity (Wildman–Crippen MR) is 128 cm³/mol. The van der Waals surface area contributed by atoms with Crippen molar-refractivity contribution in [3.8, 4) is 0 Å². The zero-order valence-corrected chi connectivity index (χ0v) is 20.4. The Labute approximate surface area is 190 Å². The Balaban J connectivity index is 0.00000280. The third-order valence-corrected chi connectivity index (χ3v) is 6.41. The van der Waals surface area contributed by atoms with Crippen LogP contribution in [0, 0.1) is 5.92 Å². The molecule has 3 rings (SSSR count). The van der Waals surface area contributed by atoms with Crippen molar-refractivity contribution in [2.75, 3.05) is 39.3 Å². The minimum Gasteiger partial charge on any atom is -0.376 e. The average molecular weight is 522 g/mol. The third kappa shape index (κ3) is 7.76. The van der Waals surface area contributed by atoms with E-state index in [0.717, 1.165) is 64.7 Å². The maximum Gasteiger partial charge on any atom is 0.191 e. The van der Waals surface area contributed by atoms with E-state index in [-0.39, 0.29) is 24.0 Å². The largest absolute Gasteiger partial charge is 0.376 e. The van der Waals surface area contributed by atoms with Crippen molar-refractivity contribution in [2.45, 2.75) is 58.6 Å². The number of likely N-dealkylation sites (tertiary alicyclic amines) is 1. The standard InChI is InChI=1S/C20H35N5OS.HI/c1-3-19-24-17(15-27-19)14-25-9-7-16(8-10-25)12-22-20(21-4-2)23-13-18-6-5-11-26-18;/h15-16,18H,3-14H2,1-2H3,(H2,21,22,23);1H. The van der Waals surface area contributed by atoms with Crippen LogP contribution in [-0.4, -0.2) is 61.3 Å². The number of halogens is 1. The molecule has 0 radical (unpaired) electrons. The Kier molecular flexibility index (Phi) is 11.0. The smallest absolute Gasteiger partial charge is 0.191 e. The fourth-order valence-corrected chi connectivity index (χ4v) is 4.45. The molecule has 0 amide bonds.